The highest BCUT2D eigenvalue weighted by Gasteiger charge is 2.25. The van der Waals surface area contributed by atoms with E-state index >= 15 is 0 Å². The summed E-state index contributed by atoms with van der Waals surface area (Å²) in [6, 6.07) is 18.8. The maximum Gasteiger partial charge on any atom is 0.243 e. The van der Waals surface area contributed by atoms with Gasteiger partial charge in [-0.3, -0.25) is 4.79 Å². The van der Waals surface area contributed by atoms with E-state index in [9.17, 15) is 4.79 Å². The van der Waals surface area contributed by atoms with E-state index in [4.69, 9.17) is 37.7 Å². The first-order valence-corrected chi connectivity index (χ1v) is 13.1. The minimum Gasteiger partial charge on any atom is -0.493 e. The molecule has 6 nitrogen and oxygen atoms in total. The number of methoxy groups -OCH3 is 2. The lowest BCUT2D eigenvalue weighted by Crippen LogP contribution is -2.34. The molecular weight excluding hydrogens is 509 g/mol. The largest absolute Gasteiger partial charge is 0.493 e. The molecule has 1 aromatic heterocycles. The summed E-state index contributed by atoms with van der Waals surface area (Å²) in [5.74, 6) is 2.11. The Morgan fingerprint density at radius 1 is 1.03 bits per heavy atom. The minimum atomic E-state index is -0.399. The lowest BCUT2D eigenvalue weighted by molar-refractivity contribution is -0.124. The van der Waals surface area contributed by atoms with Crippen LogP contribution >= 0.6 is 23.2 Å². The van der Waals surface area contributed by atoms with Crippen molar-refractivity contribution in [2.75, 3.05) is 20.8 Å². The van der Waals surface area contributed by atoms with Crippen LogP contribution in [0.5, 0.6) is 11.5 Å². The first-order chi connectivity index (χ1) is 17.9. The van der Waals surface area contributed by atoms with Gasteiger partial charge in [0.2, 0.25) is 5.91 Å². The van der Waals surface area contributed by atoms with E-state index in [0.717, 1.165) is 34.4 Å². The van der Waals surface area contributed by atoms with Crippen LogP contribution in [0.15, 0.2) is 60.7 Å². The molecule has 1 heterocycles. The third-order valence-electron chi connectivity index (χ3n) is 6.37. The molecule has 8 heteroatoms. The van der Waals surface area contributed by atoms with Crippen LogP contribution in [0.4, 0.5) is 0 Å². The van der Waals surface area contributed by atoms with E-state index in [1.54, 1.807) is 20.3 Å². The fraction of sp³-hybridized carbons (Fsp3) is 0.310. The van der Waals surface area contributed by atoms with Crippen LogP contribution in [0.3, 0.4) is 0 Å². The number of nitrogens with zero attached hydrogens (tertiary/aromatic N) is 2. The van der Waals surface area contributed by atoms with Gasteiger partial charge >= 0.3 is 0 Å². The number of carbonyl (C=O) groups excluding carboxylic acids is 1. The average molecular weight is 540 g/mol. The summed E-state index contributed by atoms with van der Waals surface area (Å²) in [7, 11) is 3.23. The molecule has 37 heavy (non-hydrogen) atoms. The number of carbonyl (C=O) groups is 1. The Labute approximate surface area is 227 Å². The molecule has 1 N–H and O–H groups in total. The van der Waals surface area contributed by atoms with Crippen molar-refractivity contribution < 1.29 is 14.3 Å². The van der Waals surface area contributed by atoms with Gasteiger partial charge in [-0.2, -0.15) is 0 Å². The molecule has 194 valence electrons. The summed E-state index contributed by atoms with van der Waals surface area (Å²) in [6.07, 6.45) is 2.69. The van der Waals surface area contributed by atoms with Crippen molar-refractivity contribution in [2.24, 2.45) is 0 Å². The predicted molar refractivity (Wildman–Crippen MR) is 149 cm³/mol. The molecule has 4 aromatic rings. The Morgan fingerprint density at radius 3 is 2.54 bits per heavy atom. The molecule has 0 unspecified atom stereocenters. The molecule has 0 radical (unpaired) electrons. The van der Waals surface area contributed by atoms with Gasteiger partial charge in [-0.15, -0.1) is 0 Å². The van der Waals surface area contributed by atoms with Crippen LogP contribution in [-0.4, -0.2) is 36.2 Å². The number of imidazole rings is 1. The quantitative estimate of drug-likeness (QED) is 0.231. The zero-order valence-electron chi connectivity index (χ0n) is 21.3. The molecule has 0 saturated carbocycles. The number of ether oxygens (including phenoxy) is 2. The minimum absolute atomic E-state index is 0.0334. The maximum atomic E-state index is 13.6. The molecule has 0 bridgehead atoms. The molecule has 0 aliphatic heterocycles. The predicted octanol–water partition coefficient (Wildman–Crippen LogP) is 6.65. The number of rotatable bonds is 11. The van der Waals surface area contributed by atoms with Crippen molar-refractivity contribution in [1.82, 2.24) is 14.9 Å². The standard InChI is InChI=1S/C29H31Cl2N3O3/c1-4-7-25(29(35)32-15-14-19-10-13-26(36-2)27(16-19)37-3)34-24-9-6-5-8-23(24)33-28(34)17-20-11-12-21(30)18-22(20)31/h5-6,8-13,16,18,25H,4,7,14-15,17H2,1-3H3,(H,32,35)/t25-/m1/s1. The van der Waals surface area contributed by atoms with Crippen molar-refractivity contribution >= 4 is 40.1 Å². The molecule has 1 amide bonds. The first kappa shape index (κ1) is 26.8. The van der Waals surface area contributed by atoms with Crippen LogP contribution in [0, 0.1) is 0 Å². The van der Waals surface area contributed by atoms with Gasteiger partial charge in [0.25, 0.3) is 0 Å². The summed E-state index contributed by atoms with van der Waals surface area (Å²) in [6.45, 7) is 2.58. The van der Waals surface area contributed by atoms with Gasteiger partial charge in [0.05, 0.1) is 25.3 Å². The highest BCUT2D eigenvalue weighted by molar-refractivity contribution is 6.35. The second-order valence-electron chi connectivity index (χ2n) is 8.83. The smallest absolute Gasteiger partial charge is 0.243 e. The third kappa shape index (κ3) is 6.20. The highest BCUT2D eigenvalue weighted by Crippen LogP contribution is 2.30. The summed E-state index contributed by atoms with van der Waals surface area (Å²) >= 11 is 12.6. The van der Waals surface area contributed by atoms with Gasteiger partial charge in [-0.05, 0) is 60.4 Å². The SMILES string of the molecule is CCC[C@H](C(=O)NCCc1ccc(OC)c(OC)c1)n1c(Cc2ccc(Cl)cc2Cl)nc2ccccc21. The number of para-hydroxylation sites is 2. The molecule has 3 aromatic carbocycles. The third-order valence-corrected chi connectivity index (χ3v) is 6.96. The van der Waals surface area contributed by atoms with Crippen molar-refractivity contribution in [1.29, 1.82) is 0 Å². The molecule has 1 atom stereocenters. The number of nitrogens with one attached hydrogen (secondary N) is 1. The number of aromatic nitrogens is 2. The van der Waals surface area contributed by atoms with Crippen LogP contribution < -0.4 is 14.8 Å². The van der Waals surface area contributed by atoms with Crippen LogP contribution in [0.2, 0.25) is 10.0 Å². The van der Waals surface area contributed by atoms with Gasteiger partial charge < -0.3 is 19.4 Å². The molecular formula is C29H31Cl2N3O3. The number of amides is 1. The Hall–Kier alpha value is -3.22. The molecule has 0 aliphatic carbocycles. The van der Waals surface area contributed by atoms with E-state index in [1.807, 2.05) is 54.6 Å². The Morgan fingerprint density at radius 2 is 1.81 bits per heavy atom. The number of fused-ring (bicyclic) bond motifs is 1. The summed E-state index contributed by atoms with van der Waals surface area (Å²) < 4.78 is 12.8. The topological polar surface area (TPSA) is 65.4 Å². The van der Waals surface area contributed by atoms with Crippen LogP contribution in [0.1, 0.15) is 42.8 Å². The van der Waals surface area contributed by atoms with E-state index in [-0.39, 0.29) is 5.91 Å². The molecule has 0 fully saturated rings. The lowest BCUT2D eigenvalue weighted by atomic mass is 10.1. The second-order valence-corrected chi connectivity index (χ2v) is 9.68. The zero-order chi connectivity index (χ0) is 26.4. The van der Waals surface area contributed by atoms with Crippen molar-refractivity contribution in [3.63, 3.8) is 0 Å². The fourth-order valence-electron chi connectivity index (χ4n) is 4.54. The highest BCUT2D eigenvalue weighted by atomic mass is 35.5. The van der Waals surface area contributed by atoms with Crippen molar-refractivity contribution in [3.05, 3.63) is 87.7 Å². The number of hydrogen-bond acceptors (Lipinski definition) is 4. The fourth-order valence-corrected chi connectivity index (χ4v) is 5.01. The molecule has 4 rings (SSSR count). The summed E-state index contributed by atoms with van der Waals surface area (Å²) in [4.78, 5) is 18.4. The lowest BCUT2D eigenvalue weighted by Gasteiger charge is -2.21. The number of benzene rings is 3. The summed E-state index contributed by atoms with van der Waals surface area (Å²) in [5, 5.41) is 4.31. The van der Waals surface area contributed by atoms with Gasteiger partial charge in [0.15, 0.2) is 11.5 Å². The van der Waals surface area contributed by atoms with E-state index in [0.29, 0.717) is 47.4 Å². The number of hydrogen-bond donors (Lipinski definition) is 1. The normalized spacial score (nSPS) is 11.9. The first-order valence-electron chi connectivity index (χ1n) is 12.3. The van der Waals surface area contributed by atoms with Gasteiger partial charge in [0.1, 0.15) is 11.9 Å². The Kier molecular flexibility index (Phi) is 8.95. The monoisotopic (exact) mass is 539 g/mol. The van der Waals surface area contributed by atoms with Crippen molar-refractivity contribution in [2.45, 2.75) is 38.6 Å². The second kappa shape index (κ2) is 12.3. The van der Waals surface area contributed by atoms with E-state index < -0.39 is 6.04 Å². The molecule has 0 aliphatic rings. The Balaban J connectivity index is 1.58. The van der Waals surface area contributed by atoms with Crippen molar-refractivity contribution in [3.8, 4) is 11.5 Å². The summed E-state index contributed by atoms with van der Waals surface area (Å²) in [5.41, 5.74) is 3.74. The van der Waals surface area contributed by atoms with Gasteiger partial charge in [-0.25, -0.2) is 4.98 Å². The number of halogens is 2. The average Bonchev–Trinajstić information content (AvgIpc) is 3.26. The van der Waals surface area contributed by atoms with E-state index in [2.05, 4.69) is 16.8 Å². The van der Waals surface area contributed by atoms with Crippen LogP contribution in [-0.2, 0) is 17.6 Å². The van der Waals surface area contributed by atoms with Gasteiger partial charge in [-0.1, -0.05) is 60.8 Å². The maximum absolute atomic E-state index is 13.6. The van der Waals surface area contributed by atoms with Crippen LogP contribution in [0.25, 0.3) is 11.0 Å². The van der Waals surface area contributed by atoms with Gasteiger partial charge in [0, 0.05) is 23.0 Å². The molecule has 0 saturated heterocycles. The Bertz CT molecular complexity index is 1390. The molecule has 0 spiro atoms. The zero-order valence-corrected chi connectivity index (χ0v) is 22.8. The van der Waals surface area contributed by atoms with E-state index in [1.165, 1.54) is 0 Å².